The molecule has 6 nitrogen and oxygen atoms in total. The normalized spacial score (nSPS) is 18.1. The highest BCUT2D eigenvalue weighted by molar-refractivity contribution is 7.15. The van der Waals surface area contributed by atoms with Crippen molar-refractivity contribution in [3.63, 3.8) is 0 Å². The summed E-state index contributed by atoms with van der Waals surface area (Å²) in [4.78, 5) is 26.9. The molecule has 1 fully saturated rings. The van der Waals surface area contributed by atoms with Crippen LogP contribution < -0.4 is 10.2 Å². The fourth-order valence-electron chi connectivity index (χ4n) is 4.43. The number of carbonyl (C=O) groups excluding carboxylic acids is 1. The SMILES string of the molecule is COC(=O)c1cn(C2CC2)c2c(OC)c(-c3cc4c(s3)CCCC4O)c(F)cc2c1=O. The third-order valence-corrected chi connectivity index (χ3v) is 7.33. The molecule has 5 rings (SSSR count). The molecule has 1 N–H and O–H groups in total. The Morgan fingerprint density at radius 2 is 2.03 bits per heavy atom. The van der Waals surface area contributed by atoms with E-state index in [0.717, 1.165) is 36.1 Å². The highest BCUT2D eigenvalue weighted by atomic mass is 32.1. The molecule has 0 radical (unpaired) electrons. The number of aliphatic hydroxyl groups excluding tert-OH is 1. The maximum absolute atomic E-state index is 15.5. The summed E-state index contributed by atoms with van der Waals surface area (Å²) in [5.41, 5.74) is 0.898. The summed E-state index contributed by atoms with van der Waals surface area (Å²) in [7, 11) is 2.67. The Morgan fingerprint density at radius 3 is 2.68 bits per heavy atom. The third kappa shape index (κ3) is 3.16. The molecule has 1 atom stereocenters. The molecule has 1 unspecified atom stereocenters. The van der Waals surface area contributed by atoms with Gasteiger partial charge >= 0.3 is 5.97 Å². The quantitative estimate of drug-likeness (QED) is 0.606. The number of pyridine rings is 1. The van der Waals surface area contributed by atoms with Gasteiger partial charge in [-0.25, -0.2) is 9.18 Å². The Balaban J connectivity index is 1.82. The van der Waals surface area contributed by atoms with Crippen LogP contribution in [0, 0.1) is 5.82 Å². The van der Waals surface area contributed by atoms with Gasteiger partial charge in [0.25, 0.3) is 0 Å². The molecule has 2 aliphatic carbocycles. The fourth-order valence-corrected chi connectivity index (χ4v) is 5.74. The molecular weight excluding hydrogens is 421 g/mol. The number of aryl methyl sites for hydroxylation is 1. The molecule has 0 amide bonds. The average Bonchev–Trinajstić information content (AvgIpc) is 3.51. The Labute approximate surface area is 181 Å². The number of aromatic nitrogens is 1. The van der Waals surface area contributed by atoms with Crippen LogP contribution in [0.15, 0.2) is 23.1 Å². The molecule has 162 valence electrons. The minimum Gasteiger partial charge on any atom is -0.494 e. The topological polar surface area (TPSA) is 77.8 Å². The molecule has 2 heterocycles. The van der Waals surface area contributed by atoms with Gasteiger partial charge in [-0.05, 0) is 49.8 Å². The maximum atomic E-state index is 15.5. The second-order valence-corrected chi connectivity index (χ2v) is 9.20. The van der Waals surface area contributed by atoms with Crippen LogP contribution in [0.5, 0.6) is 5.75 Å². The smallest absolute Gasteiger partial charge is 0.343 e. The molecule has 3 aromatic rings. The zero-order chi connectivity index (χ0) is 21.9. The number of esters is 1. The summed E-state index contributed by atoms with van der Waals surface area (Å²) >= 11 is 1.45. The van der Waals surface area contributed by atoms with E-state index in [1.165, 1.54) is 37.8 Å². The number of rotatable bonds is 4. The van der Waals surface area contributed by atoms with Gasteiger partial charge in [-0.3, -0.25) is 4.79 Å². The van der Waals surface area contributed by atoms with Crippen molar-refractivity contribution < 1.29 is 23.8 Å². The lowest BCUT2D eigenvalue weighted by molar-refractivity contribution is 0.0598. The minimum absolute atomic E-state index is 0.0919. The molecule has 31 heavy (non-hydrogen) atoms. The largest absolute Gasteiger partial charge is 0.494 e. The molecular formula is C23H22FNO5S. The molecule has 2 aromatic heterocycles. The molecule has 0 aliphatic heterocycles. The van der Waals surface area contributed by atoms with E-state index < -0.39 is 23.3 Å². The van der Waals surface area contributed by atoms with Crippen LogP contribution in [0.3, 0.4) is 0 Å². The van der Waals surface area contributed by atoms with E-state index in [-0.39, 0.29) is 28.3 Å². The average molecular weight is 443 g/mol. The molecule has 1 saturated carbocycles. The van der Waals surface area contributed by atoms with Crippen LogP contribution >= 0.6 is 11.3 Å². The molecule has 0 spiro atoms. The van der Waals surface area contributed by atoms with Crippen LogP contribution in [0.2, 0.25) is 0 Å². The first-order valence-corrected chi connectivity index (χ1v) is 11.1. The lowest BCUT2D eigenvalue weighted by atomic mass is 9.95. The van der Waals surface area contributed by atoms with Gasteiger partial charge in [0.1, 0.15) is 11.4 Å². The van der Waals surface area contributed by atoms with Crippen molar-refractivity contribution in [2.75, 3.05) is 14.2 Å². The van der Waals surface area contributed by atoms with Gasteiger partial charge in [0, 0.05) is 22.0 Å². The summed E-state index contributed by atoms with van der Waals surface area (Å²) in [5, 5.41) is 10.4. The number of nitrogens with zero attached hydrogens (tertiary/aromatic N) is 1. The highest BCUT2D eigenvalue weighted by Gasteiger charge is 2.31. The van der Waals surface area contributed by atoms with Gasteiger partial charge in [0.2, 0.25) is 5.43 Å². The van der Waals surface area contributed by atoms with E-state index in [2.05, 4.69) is 0 Å². The standard InChI is InChI=1S/C23H22FNO5S/c1-29-22-19(18-9-12-16(26)4-3-5-17(12)31-18)15(24)8-13-20(22)25(11-6-7-11)10-14(21(13)27)23(28)30-2/h8-11,16,26H,3-7H2,1-2H3. The van der Waals surface area contributed by atoms with Crippen molar-refractivity contribution >= 4 is 28.2 Å². The van der Waals surface area contributed by atoms with Crippen LogP contribution in [0.4, 0.5) is 4.39 Å². The number of halogens is 1. The zero-order valence-electron chi connectivity index (χ0n) is 17.2. The van der Waals surface area contributed by atoms with Crippen LogP contribution in [-0.4, -0.2) is 29.9 Å². The van der Waals surface area contributed by atoms with E-state index in [1.54, 1.807) is 0 Å². The van der Waals surface area contributed by atoms with E-state index in [4.69, 9.17) is 9.47 Å². The fraction of sp³-hybridized carbons (Fsp3) is 0.391. The number of aliphatic hydroxyl groups is 1. The summed E-state index contributed by atoms with van der Waals surface area (Å²) in [6.45, 7) is 0. The van der Waals surface area contributed by atoms with Crippen molar-refractivity contribution in [1.82, 2.24) is 4.57 Å². The first-order valence-electron chi connectivity index (χ1n) is 10.3. The van der Waals surface area contributed by atoms with Crippen LogP contribution in [-0.2, 0) is 11.2 Å². The van der Waals surface area contributed by atoms with Crippen LogP contribution in [0.25, 0.3) is 21.3 Å². The van der Waals surface area contributed by atoms with E-state index in [1.807, 2.05) is 10.6 Å². The zero-order valence-corrected chi connectivity index (χ0v) is 18.1. The number of ether oxygens (including phenoxy) is 2. The Kier molecular flexibility index (Phi) is 4.86. The first-order chi connectivity index (χ1) is 14.9. The maximum Gasteiger partial charge on any atom is 0.343 e. The van der Waals surface area contributed by atoms with E-state index in [9.17, 15) is 14.7 Å². The van der Waals surface area contributed by atoms with Crippen LogP contribution in [0.1, 0.15) is 58.6 Å². The Hall–Kier alpha value is -2.71. The van der Waals surface area contributed by atoms with Crippen molar-refractivity contribution in [3.8, 4) is 16.2 Å². The monoisotopic (exact) mass is 443 g/mol. The molecule has 2 aliphatic rings. The predicted octanol–water partition coefficient (Wildman–Crippen LogP) is 4.37. The lowest BCUT2D eigenvalue weighted by Crippen LogP contribution is -2.20. The van der Waals surface area contributed by atoms with E-state index in [0.29, 0.717) is 16.8 Å². The van der Waals surface area contributed by atoms with Gasteiger partial charge in [-0.2, -0.15) is 0 Å². The number of fused-ring (bicyclic) bond motifs is 2. The molecule has 0 bridgehead atoms. The molecule has 0 saturated heterocycles. The van der Waals surface area contributed by atoms with Gasteiger partial charge in [0.05, 0.1) is 36.8 Å². The van der Waals surface area contributed by atoms with Crippen molar-refractivity contribution in [2.24, 2.45) is 0 Å². The molecule has 1 aromatic carbocycles. The first kappa shape index (κ1) is 20.2. The lowest BCUT2D eigenvalue weighted by Gasteiger charge is -2.18. The molecule has 8 heteroatoms. The second-order valence-electron chi connectivity index (χ2n) is 8.06. The highest BCUT2D eigenvalue weighted by Crippen LogP contribution is 2.47. The summed E-state index contributed by atoms with van der Waals surface area (Å²) in [6, 6.07) is 3.13. The predicted molar refractivity (Wildman–Crippen MR) is 116 cm³/mol. The van der Waals surface area contributed by atoms with Gasteiger partial charge in [0.15, 0.2) is 5.75 Å². The summed E-state index contributed by atoms with van der Waals surface area (Å²) in [5.74, 6) is -1.08. The number of methoxy groups -OCH3 is 2. The number of hydrogen-bond donors (Lipinski definition) is 1. The van der Waals surface area contributed by atoms with E-state index >= 15 is 4.39 Å². The number of carbonyl (C=O) groups is 1. The third-order valence-electron chi connectivity index (χ3n) is 6.10. The second kappa shape index (κ2) is 7.46. The Bertz CT molecular complexity index is 1270. The van der Waals surface area contributed by atoms with Gasteiger partial charge in [-0.1, -0.05) is 0 Å². The summed E-state index contributed by atoms with van der Waals surface area (Å²) < 4.78 is 27.7. The van der Waals surface area contributed by atoms with Gasteiger partial charge < -0.3 is 19.1 Å². The number of hydrogen-bond acceptors (Lipinski definition) is 6. The summed E-state index contributed by atoms with van der Waals surface area (Å²) in [6.07, 6.45) is 5.18. The minimum atomic E-state index is -0.746. The van der Waals surface area contributed by atoms with Crippen molar-refractivity contribution in [2.45, 2.75) is 44.2 Å². The van der Waals surface area contributed by atoms with Crippen molar-refractivity contribution in [1.29, 1.82) is 0 Å². The van der Waals surface area contributed by atoms with Gasteiger partial charge in [-0.15, -0.1) is 11.3 Å². The number of benzene rings is 1. The van der Waals surface area contributed by atoms with Crippen molar-refractivity contribution in [3.05, 3.63) is 50.4 Å². The number of thiophene rings is 1. The Morgan fingerprint density at radius 1 is 1.26 bits per heavy atom.